The Kier molecular flexibility index (Phi) is 6.51. The van der Waals surface area contributed by atoms with Crippen molar-refractivity contribution in [3.63, 3.8) is 0 Å². The van der Waals surface area contributed by atoms with Gasteiger partial charge in [0.25, 0.3) is 11.5 Å². The number of nitrogens with zero attached hydrogens (tertiary/aromatic N) is 3. The number of esters is 2. The van der Waals surface area contributed by atoms with E-state index < -0.39 is 22.6 Å². The molecule has 0 aliphatic carbocycles. The summed E-state index contributed by atoms with van der Waals surface area (Å²) in [6.45, 7) is 7.00. The third-order valence-electron chi connectivity index (χ3n) is 5.65. The van der Waals surface area contributed by atoms with Crippen molar-refractivity contribution in [3.05, 3.63) is 76.0 Å². The summed E-state index contributed by atoms with van der Waals surface area (Å²) in [7, 11) is 0. The van der Waals surface area contributed by atoms with Crippen LogP contribution in [0.1, 0.15) is 19.4 Å². The maximum atomic E-state index is 12.2. The number of nitrogens with one attached hydrogen (secondary N) is 1. The molecule has 0 radical (unpaired) electrons. The van der Waals surface area contributed by atoms with E-state index in [4.69, 9.17) is 9.47 Å². The van der Waals surface area contributed by atoms with Crippen molar-refractivity contribution in [2.24, 2.45) is 0 Å². The topological polar surface area (TPSA) is 114 Å². The lowest BCUT2D eigenvalue weighted by Crippen LogP contribution is -2.46. The lowest BCUT2D eigenvalue weighted by molar-refractivity contribution is -0.383. The molecule has 0 spiro atoms. The molecule has 34 heavy (non-hydrogen) atoms. The van der Waals surface area contributed by atoms with Gasteiger partial charge < -0.3 is 19.7 Å². The van der Waals surface area contributed by atoms with Crippen molar-refractivity contribution in [3.8, 4) is 0 Å². The van der Waals surface area contributed by atoms with Gasteiger partial charge in [0, 0.05) is 64.5 Å². The van der Waals surface area contributed by atoms with Crippen molar-refractivity contribution in [1.29, 1.82) is 0 Å². The van der Waals surface area contributed by atoms with Crippen molar-refractivity contribution >= 4 is 29.0 Å². The highest BCUT2D eigenvalue weighted by Gasteiger charge is 2.39. The molecule has 2 aliphatic rings. The molecule has 2 aliphatic heterocycles. The molecule has 178 valence electrons. The predicted octanol–water partition coefficient (Wildman–Crippen LogP) is 3.05. The van der Waals surface area contributed by atoms with Crippen LogP contribution in [-0.4, -0.2) is 53.7 Å². The van der Waals surface area contributed by atoms with Crippen LogP contribution in [-0.2, 0) is 25.6 Å². The summed E-state index contributed by atoms with van der Waals surface area (Å²) in [5.41, 5.74) is 1.68. The molecule has 10 heteroatoms. The summed E-state index contributed by atoms with van der Waals surface area (Å²) < 4.78 is 10.1. The molecule has 0 atom stereocenters. The molecule has 0 saturated carbocycles. The Morgan fingerprint density at radius 2 is 1.68 bits per heavy atom. The Bertz CT molecular complexity index is 1100. The van der Waals surface area contributed by atoms with Crippen LogP contribution in [0.2, 0.25) is 0 Å². The molecule has 2 saturated heterocycles. The van der Waals surface area contributed by atoms with Gasteiger partial charge in [-0.3, -0.25) is 15.0 Å². The second-order valence-electron chi connectivity index (χ2n) is 8.59. The van der Waals surface area contributed by atoms with Gasteiger partial charge in [0.2, 0.25) is 0 Å². The number of hydrogen-bond donors (Lipinski definition) is 1. The number of carbonyl (C=O) groups excluding carboxylic acids is 2. The quantitative estimate of drug-likeness (QED) is 0.225. The highest BCUT2D eigenvalue weighted by atomic mass is 16.7. The number of carbonyl (C=O) groups is 2. The maximum absolute atomic E-state index is 12.2. The molecule has 2 fully saturated rings. The van der Waals surface area contributed by atoms with Crippen LogP contribution >= 0.6 is 0 Å². The third-order valence-corrected chi connectivity index (χ3v) is 5.65. The molecule has 10 nitrogen and oxygen atoms in total. The van der Waals surface area contributed by atoms with Gasteiger partial charge in [-0.15, -0.1) is 0 Å². The van der Waals surface area contributed by atoms with Crippen LogP contribution in [0, 0.1) is 10.1 Å². The van der Waals surface area contributed by atoms with Crippen LogP contribution in [0.15, 0.2) is 60.3 Å². The Hall–Kier alpha value is -3.92. The molecule has 0 aromatic heterocycles. The lowest BCUT2D eigenvalue weighted by atomic mass is 10.1. The molecular weight excluding hydrogens is 440 g/mol. The van der Waals surface area contributed by atoms with Gasteiger partial charge >= 0.3 is 11.9 Å². The first kappa shape index (κ1) is 23.2. The van der Waals surface area contributed by atoms with E-state index in [9.17, 15) is 19.7 Å². The number of anilines is 2. The zero-order chi connectivity index (χ0) is 24.3. The monoisotopic (exact) mass is 466 g/mol. The SMILES string of the molecule is CC1(C)OC(=O)C(=CNc2cc(N3CCN(Cc4ccccc4)CC3)ccc2[N+](=O)[O-])C(=O)O1. The van der Waals surface area contributed by atoms with Gasteiger partial charge in [-0.05, 0) is 17.7 Å². The average molecular weight is 466 g/mol. The van der Waals surface area contributed by atoms with E-state index in [0.717, 1.165) is 44.6 Å². The van der Waals surface area contributed by atoms with Crippen molar-refractivity contribution < 1.29 is 24.0 Å². The first-order valence-electron chi connectivity index (χ1n) is 10.9. The van der Waals surface area contributed by atoms with E-state index in [-0.39, 0.29) is 16.9 Å². The molecule has 2 aromatic carbocycles. The largest absolute Gasteiger partial charge is 0.419 e. The van der Waals surface area contributed by atoms with Crippen molar-refractivity contribution in [1.82, 2.24) is 4.90 Å². The van der Waals surface area contributed by atoms with Gasteiger partial charge in [0.05, 0.1) is 4.92 Å². The fourth-order valence-corrected chi connectivity index (χ4v) is 3.93. The lowest BCUT2D eigenvalue weighted by Gasteiger charge is -2.36. The van der Waals surface area contributed by atoms with E-state index in [1.165, 1.54) is 25.5 Å². The minimum atomic E-state index is -1.36. The Balaban J connectivity index is 1.47. The number of nitro groups is 1. The number of nitro benzene ring substituents is 1. The summed E-state index contributed by atoms with van der Waals surface area (Å²) in [4.78, 5) is 39.8. The summed E-state index contributed by atoms with van der Waals surface area (Å²) >= 11 is 0. The normalized spacial score (nSPS) is 18.2. The van der Waals surface area contributed by atoms with Crippen molar-refractivity contribution in [2.75, 3.05) is 36.4 Å². The standard InChI is InChI=1S/C24H26N4O6/c1-24(2)33-22(29)19(23(30)34-24)15-25-20-14-18(8-9-21(20)28(31)32)27-12-10-26(11-13-27)16-17-6-4-3-5-7-17/h3-9,14-15,25H,10-13,16H2,1-2H3. The van der Waals surface area contributed by atoms with E-state index in [1.54, 1.807) is 12.1 Å². The van der Waals surface area contributed by atoms with Gasteiger partial charge in [0.1, 0.15) is 5.69 Å². The van der Waals surface area contributed by atoms with Crippen LogP contribution in [0.3, 0.4) is 0 Å². The molecule has 1 N–H and O–H groups in total. The molecule has 4 rings (SSSR count). The molecule has 0 amide bonds. The highest BCUT2D eigenvalue weighted by Crippen LogP contribution is 2.31. The van der Waals surface area contributed by atoms with E-state index in [2.05, 4.69) is 27.2 Å². The van der Waals surface area contributed by atoms with E-state index >= 15 is 0 Å². The zero-order valence-electron chi connectivity index (χ0n) is 19.0. The van der Waals surface area contributed by atoms with Gasteiger partial charge in [0.15, 0.2) is 5.57 Å². The average Bonchev–Trinajstić information content (AvgIpc) is 2.79. The molecule has 0 unspecified atom stereocenters. The minimum absolute atomic E-state index is 0.159. The fourth-order valence-electron chi connectivity index (χ4n) is 3.93. The van der Waals surface area contributed by atoms with Gasteiger partial charge in [-0.1, -0.05) is 30.3 Å². The third kappa shape index (κ3) is 5.34. The Morgan fingerprint density at radius 3 is 2.29 bits per heavy atom. The maximum Gasteiger partial charge on any atom is 0.350 e. The minimum Gasteiger partial charge on any atom is -0.419 e. The van der Waals surface area contributed by atoms with Crippen molar-refractivity contribution in [2.45, 2.75) is 26.2 Å². The Labute approximate surface area is 196 Å². The number of ether oxygens (including phenoxy) is 2. The number of piperazine rings is 1. The highest BCUT2D eigenvalue weighted by molar-refractivity contribution is 6.15. The second kappa shape index (κ2) is 9.52. The van der Waals surface area contributed by atoms with Crippen LogP contribution in [0.25, 0.3) is 0 Å². The smallest absolute Gasteiger partial charge is 0.350 e. The second-order valence-corrected chi connectivity index (χ2v) is 8.59. The number of benzene rings is 2. The molecule has 2 heterocycles. The molecular formula is C24H26N4O6. The van der Waals surface area contributed by atoms with E-state index in [1.807, 2.05) is 18.2 Å². The number of cyclic esters (lactones) is 2. The fraction of sp³-hybridized carbons (Fsp3) is 0.333. The first-order chi connectivity index (χ1) is 16.2. The van der Waals surface area contributed by atoms with Crippen LogP contribution in [0.5, 0.6) is 0 Å². The Morgan fingerprint density at radius 1 is 1.03 bits per heavy atom. The van der Waals surface area contributed by atoms with Gasteiger partial charge in [-0.2, -0.15) is 0 Å². The van der Waals surface area contributed by atoms with Crippen LogP contribution < -0.4 is 10.2 Å². The number of hydrogen-bond acceptors (Lipinski definition) is 9. The van der Waals surface area contributed by atoms with Crippen LogP contribution in [0.4, 0.5) is 17.1 Å². The molecule has 0 bridgehead atoms. The number of rotatable bonds is 6. The first-order valence-corrected chi connectivity index (χ1v) is 10.9. The summed E-state index contributed by atoms with van der Waals surface area (Å²) in [6, 6.07) is 15.0. The molecule has 2 aromatic rings. The predicted molar refractivity (Wildman–Crippen MR) is 125 cm³/mol. The zero-order valence-corrected chi connectivity index (χ0v) is 19.0. The summed E-state index contributed by atoms with van der Waals surface area (Å²) in [5.74, 6) is -3.08. The summed E-state index contributed by atoms with van der Waals surface area (Å²) in [5, 5.41) is 14.3. The van der Waals surface area contributed by atoms with Gasteiger partial charge in [-0.25, -0.2) is 9.59 Å². The summed E-state index contributed by atoms with van der Waals surface area (Å²) in [6.07, 6.45) is 1.09. The van der Waals surface area contributed by atoms with E-state index in [0.29, 0.717) is 0 Å².